The first-order chi connectivity index (χ1) is 16.5. The van der Waals surface area contributed by atoms with E-state index >= 15 is 0 Å². The molecule has 0 radical (unpaired) electrons. The van der Waals surface area contributed by atoms with Gasteiger partial charge in [-0.2, -0.15) is 0 Å². The van der Waals surface area contributed by atoms with Crippen LogP contribution in [0.1, 0.15) is 17.2 Å². The molecule has 178 valence electrons. The third-order valence-electron chi connectivity index (χ3n) is 5.98. The molecule has 4 rings (SSSR count). The Bertz CT molecular complexity index is 1080. The molecule has 0 bridgehead atoms. The van der Waals surface area contributed by atoms with Gasteiger partial charge >= 0.3 is 0 Å². The molecule has 2 saturated heterocycles. The number of aliphatic hydroxyl groups excluding tert-OH is 1. The molecule has 0 spiro atoms. The van der Waals surface area contributed by atoms with Gasteiger partial charge in [0.15, 0.2) is 0 Å². The van der Waals surface area contributed by atoms with Crippen molar-refractivity contribution in [1.29, 1.82) is 0 Å². The Labute approximate surface area is 207 Å². The SMILES string of the molecule is C=CCOc1ccc(C2/C(=C(\O)c3ccc(Br)cc3)C(=O)C(=O)N2CCN2CCOCC2)cc1. The number of amides is 1. The van der Waals surface area contributed by atoms with Crippen molar-refractivity contribution in [2.24, 2.45) is 0 Å². The summed E-state index contributed by atoms with van der Waals surface area (Å²) in [7, 11) is 0. The maximum Gasteiger partial charge on any atom is 0.295 e. The lowest BCUT2D eigenvalue weighted by molar-refractivity contribution is -0.140. The largest absolute Gasteiger partial charge is 0.507 e. The number of Topliss-reactive ketones (excluding diaryl/α,β-unsaturated/α-hetero) is 1. The van der Waals surface area contributed by atoms with E-state index in [0.29, 0.717) is 44.2 Å². The number of nitrogens with zero attached hydrogens (tertiary/aromatic N) is 2. The van der Waals surface area contributed by atoms with Gasteiger partial charge < -0.3 is 19.5 Å². The average molecular weight is 527 g/mol. The molecule has 7 nitrogen and oxygen atoms in total. The number of carbonyl (C=O) groups excluding carboxylic acids is 2. The van der Waals surface area contributed by atoms with Gasteiger partial charge in [-0.1, -0.05) is 52.9 Å². The van der Waals surface area contributed by atoms with Crippen LogP contribution in [0.25, 0.3) is 5.76 Å². The van der Waals surface area contributed by atoms with E-state index in [1.807, 2.05) is 12.1 Å². The van der Waals surface area contributed by atoms with E-state index < -0.39 is 17.7 Å². The molecule has 1 amide bonds. The molecular formula is C26H27BrN2O5. The zero-order chi connectivity index (χ0) is 24.1. The summed E-state index contributed by atoms with van der Waals surface area (Å²) in [5, 5.41) is 11.1. The van der Waals surface area contributed by atoms with Gasteiger partial charge in [-0.15, -0.1) is 0 Å². The second-order valence-electron chi connectivity index (χ2n) is 8.12. The van der Waals surface area contributed by atoms with Crippen LogP contribution < -0.4 is 4.74 Å². The van der Waals surface area contributed by atoms with Crippen molar-refractivity contribution < 1.29 is 24.2 Å². The minimum Gasteiger partial charge on any atom is -0.507 e. The van der Waals surface area contributed by atoms with E-state index in [0.717, 1.165) is 23.1 Å². The highest BCUT2D eigenvalue weighted by molar-refractivity contribution is 9.10. The lowest BCUT2D eigenvalue weighted by Crippen LogP contribution is -2.42. The molecule has 1 unspecified atom stereocenters. The van der Waals surface area contributed by atoms with Crippen LogP contribution in [0.15, 0.2) is 71.2 Å². The van der Waals surface area contributed by atoms with Crippen LogP contribution in [-0.2, 0) is 14.3 Å². The topological polar surface area (TPSA) is 79.3 Å². The minimum atomic E-state index is -0.696. The zero-order valence-corrected chi connectivity index (χ0v) is 20.4. The van der Waals surface area contributed by atoms with E-state index in [2.05, 4.69) is 27.4 Å². The molecule has 0 saturated carbocycles. The van der Waals surface area contributed by atoms with Crippen molar-refractivity contribution in [3.63, 3.8) is 0 Å². The number of ketones is 1. The zero-order valence-electron chi connectivity index (χ0n) is 18.8. The highest BCUT2D eigenvalue weighted by Crippen LogP contribution is 2.39. The number of halogens is 1. The first-order valence-electron chi connectivity index (χ1n) is 11.2. The summed E-state index contributed by atoms with van der Waals surface area (Å²) in [6.07, 6.45) is 1.66. The Morgan fingerprint density at radius 1 is 1.09 bits per heavy atom. The van der Waals surface area contributed by atoms with E-state index in [9.17, 15) is 14.7 Å². The fraction of sp³-hybridized carbons (Fsp3) is 0.308. The van der Waals surface area contributed by atoms with Gasteiger partial charge in [0, 0.05) is 36.2 Å². The Balaban J connectivity index is 1.70. The molecule has 1 atom stereocenters. The number of hydrogen-bond acceptors (Lipinski definition) is 6. The van der Waals surface area contributed by atoms with Crippen molar-refractivity contribution in [3.8, 4) is 5.75 Å². The molecule has 2 fully saturated rings. The summed E-state index contributed by atoms with van der Waals surface area (Å²) in [6, 6.07) is 13.5. The van der Waals surface area contributed by atoms with Crippen molar-refractivity contribution >= 4 is 33.4 Å². The van der Waals surface area contributed by atoms with Crippen LogP contribution in [-0.4, -0.2) is 72.6 Å². The second-order valence-corrected chi connectivity index (χ2v) is 9.04. The fourth-order valence-corrected chi connectivity index (χ4v) is 4.46. The van der Waals surface area contributed by atoms with E-state index in [-0.39, 0.29) is 11.3 Å². The van der Waals surface area contributed by atoms with Crippen molar-refractivity contribution in [2.75, 3.05) is 46.0 Å². The predicted molar refractivity (Wildman–Crippen MR) is 133 cm³/mol. The predicted octanol–water partition coefficient (Wildman–Crippen LogP) is 3.77. The monoisotopic (exact) mass is 526 g/mol. The number of likely N-dealkylation sites (tertiary alicyclic amines) is 1. The molecule has 0 aliphatic carbocycles. The van der Waals surface area contributed by atoms with Crippen LogP contribution in [0.4, 0.5) is 0 Å². The number of ether oxygens (including phenoxy) is 2. The third-order valence-corrected chi connectivity index (χ3v) is 6.51. The average Bonchev–Trinajstić information content (AvgIpc) is 3.12. The lowest BCUT2D eigenvalue weighted by Gasteiger charge is -2.31. The minimum absolute atomic E-state index is 0.0917. The summed E-state index contributed by atoms with van der Waals surface area (Å²) in [5.41, 5.74) is 1.30. The van der Waals surface area contributed by atoms with Crippen LogP contribution in [0.2, 0.25) is 0 Å². The summed E-state index contributed by atoms with van der Waals surface area (Å²) in [4.78, 5) is 30.0. The maximum atomic E-state index is 13.2. The van der Waals surface area contributed by atoms with Crippen molar-refractivity contribution in [3.05, 3.63) is 82.4 Å². The third kappa shape index (κ3) is 5.24. The fourth-order valence-electron chi connectivity index (χ4n) is 4.20. The number of benzene rings is 2. The van der Waals surface area contributed by atoms with Gasteiger partial charge in [-0.3, -0.25) is 14.5 Å². The molecular weight excluding hydrogens is 500 g/mol. The van der Waals surface area contributed by atoms with Crippen molar-refractivity contribution in [2.45, 2.75) is 6.04 Å². The summed E-state index contributed by atoms with van der Waals surface area (Å²) in [6.45, 7) is 7.87. The molecule has 34 heavy (non-hydrogen) atoms. The molecule has 0 aromatic heterocycles. The van der Waals surface area contributed by atoms with Crippen LogP contribution >= 0.6 is 15.9 Å². The Morgan fingerprint density at radius 2 is 1.76 bits per heavy atom. The van der Waals surface area contributed by atoms with Gasteiger partial charge in [0.05, 0.1) is 24.8 Å². The van der Waals surface area contributed by atoms with Gasteiger partial charge in [0.25, 0.3) is 11.7 Å². The lowest BCUT2D eigenvalue weighted by atomic mass is 9.95. The molecule has 2 aromatic rings. The number of carbonyl (C=O) groups is 2. The summed E-state index contributed by atoms with van der Waals surface area (Å²) >= 11 is 3.38. The normalized spacial score (nSPS) is 20.5. The van der Waals surface area contributed by atoms with Gasteiger partial charge in [0.1, 0.15) is 18.1 Å². The Hall–Kier alpha value is -2.94. The van der Waals surface area contributed by atoms with E-state index in [4.69, 9.17) is 9.47 Å². The maximum absolute atomic E-state index is 13.2. The van der Waals surface area contributed by atoms with E-state index in [1.54, 1.807) is 47.4 Å². The van der Waals surface area contributed by atoms with Gasteiger partial charge in [0.2, 0.25) is 0 Å². The first-order valence-corrected chi connectivity index (χ1v) is 12.0. The number of aliphatic hydroxyl groups is 1. The number of morpholine rings is 1. The highest BCUT2D eigenvalue weighted by atomic mass is 79.9. The standard InChI is InChI=1S/C26H27BrN2O5/c1-2-15-34-21-9-5-18(6-10-21)23-22(24(30)19-3-7-20(27)8-4-19)25(31)26(32)29(23)12-11-28-13-16-33-17-14-28/h2-10,23,30H,1,11-17H2/b24-22+. The van der Waals surface area contributed by atoms with Gasteiger partial charge in [-0.25, -0.2) is 0 Å². The van der Waals surface area contributed by atoms with Crippen molar-refractivity contribution in [1.82, 2.24) is 9.80 Å². The first kappa shape index (κ1) is 24.2. The van der Waals surface area contributed by atoms with Crippen LogP contribution in [0.3, 0.4) is 0 Å². The molecule has 8 heteroatoms. The molecule has 2 aromatic carbocycles. The summed E-state index contributed by atoms with van der Waals surface area (Å²) in [5.74, 6) is -0.818. The second kappa shape index (κ2) is 11.0. The van der Waals surface area contributed by atoms with Crippen LogP contribution in [0, 0.1) is 0 Å². The number of hydrogen-bond donors (Lipinski definition) is 1. The number of rotatable bonds is 8. The highest BCUT2D eigenvalue weighted by Gasteiger charge is 2.46. The molecule has 1 N–H and O–H groups in total. The van der Waals surface area contributed by atoms with Crippen LogP contribution in [0.5, 0.6) is 5.75 Å². The smallest absolute Gasteiger partial charge is 0.295 e. The molecule has 2 aliphatic rings. The quantitative estimate of drug-likeness (QED) is 0.244. The Morgan fingerprint density at radius 3 is 2.41 bits per heavy atom. The molecule has 2 aliphatic heterocycles. The van der Waals surface area contributed by atoms with E-state index in [1.165, 1.54) is 0 Å². The Kier molecular flexibility index (Phi) is 7.82. The van der Waals surface area contributed by atoms with Gasteiger partial charge in [-0.05, 0) is 29.8 Å². The summed E-state index contributed by atoms with van der Waals surface area (Å²) < 4.78 is 11.8. The molecule has 2 heterocycles.